The van der Waals surface area contributed by atoms with Crippen molar-refractivity contribution in [1.29, 1.82) is 0 Å². The first-order valence-electron chi connectivity index (χ1n) is 9.63. The minimum atomic E-state index is -0.907. The topological polar surface area (TPSA) is 97.4 Å². The second-order valence-electron chi connectivity index (χ2n) is 6.81. The highest BCUT2D eigenvalue weighted by Gasteiger charge is 2.18. The van der Waals surface area contributed by atoms with E-state index >= 15 is 0 Å². The number of hydrogen-bond acceptors (Lipinski definition) is 6. The lowest BCUT2D eigenvalue weighted by Crippen LogP contribution is -2.29. The molecule has 3 aromatic rings. The van der Waals surface area contributed by atoms with Gasteiger partial charge >= 0.3 is 5.97 Å². The second kappa shape index (κ2) is 9.98. The van der Waals surface area contributed by atoms with Crippen molar-refractivity contribution in [3.05, 3.63) is 53.5 Å². The minimum Gasteiger partial charge on any atom is -0.453 e. The normalized spacial score (nSPS) is 11.7. The Hall–Kier alpha value is -3.26. The van der Waals surface area contributed by atoms with Crippen LogP contribution in [-0.2, 0) is 25.5 Å². The first-order chi connectivity index (χ1) is 14.4. The van der Waals surface area contributed by atoms with Crippen molar-refractivity contribution in [2.24, 2.45) is 0 Å². The van der Waals surface area contributed by atoms with Gasteiger partial charge in [0.15, 0.2) is 6.10 Å². The summed E-state index contributed by atoms with van der Waals surface area (Å²) in [5.41, 5.74) is 2.15. The summed E-state index contributed by atoms with van der Waals surface area (Å²) < 4.78 is 6.36. The lowest BCUT2D eigenvalue weighted by Gasteiger charge is -2.13. The standard InChI is InChI=1S/C22H23N3O4S/c1-14(22(28)24-17-12-10-16(11-13-17)23-15(2)26)29-21(27)9-5-8-20-25-18-6-3-4-7-19(18)30-20/h3-4,6-7,10-14H,5,8-9H2,1-2H3,(H,23,26)(H,24,28). The molecule has 3 rings (SSSR count). The van der Waals surface area contributed by atoms with E-state index in [1.54, 1.807) is 35.6 Å². The fourth-order valence-electron chi connectivity index (χ4n) is 2.80. The van der Waals surface area contributed by atoms with Crippen LogP contribution in [0.25, 0.3) is 10.2 Å². The van der Waals surface area contributed by atoms with E-state index in [0.29, 0.717) is 24.2 Å². The molecule has 0 radical (unpaired) electrons. The number of nitrogens with one attached hydrogen (secondary N) is 2. The molecule has 7 nitrogen and oxygen atoms in total. The molecule has 1 heterocycles. The Morgan fingerprint density at radius 3 is 2.37 bits per heavy atom. The summed E-state index contributed by atoms with van der Waals surface area (Å²) in [7, 11) is 0. The van der Waals surface area contributed by atoms with E-state index in [1.165, 1.54) is 13.8 Å². The summed E-state index contributed by atoms with van der Waals surface area (Å²) in [6.07, 6.45) is 0.613. The molecular formula is C22H23N3O4S. The number of hydrogen-bond donors (Lipinski definition) is 2. The third-order valence-corrected chi connectivity index (χ3v) is 5.36. The number of amides is 2. The Bertz CT molecular complexity index is 1010. The summed E-state index contributed by atoms with van der Waals surface area (Å²) in [6, 6.07) is 14.6. The number of carbonyl (C=O) groups is 3. The van der Waals surface area contributed by atoms with Gasteiger partial charge < -0.3 is 15.4 Å². The highest BCUT2D eigenvalue weighted by atomic mass is 32.1. The minimum absolute atomic E-state index is 0.171. The molecule has 0 saturated carbocycles. The van der Waals surface area contributed by atoms with Crippen molar-refractivity contribution < 1.29 is 19.1 Å². The van der Waals surface area contributed by atoms with Gasteiger partial charge in [-0.3, -0.25) is 14.4 Å². The van der Waals surface area contributed by atoms with Crippen molar-refractivity contribution >= 4 is 50.7 Å². The third-order valence-electron chi connectivity index (χ3n) is 4.26. The molecule has 8 heteroatoms. The van der Waals surface area contributed by atoms with E-state index in [9.17, 15) is 14.4 Å². The summed E-state index contributed by atoms with van der Waals surface area (Å²) >= 11 is 1.62. The van der Waals surface area contributed by atoms with Crippen LogP contribution in [0.4, 0.5) is 11.4 Å². The molecule has 0 aliphatic rings. The SMILES string of the molecule is CC(=O)Nc1ccc(NC(=O)C(C)OC(=O)CCCc2nc3ccccc3s2)cc1. The summed E-state index contributed by atoms with van der Waals surface area (Å²) in [5.74, 6) is -1.00. The molecule has 30 heavy (non-hydrogen) atoms. The molecule has 0 spiro atoms. The largest absolute Gasteiger partial charge is 0.453 e. The molecule has 2 aromatic carbocycles. The number of anilines is 2. The molecule has 1 aromatic heterocycles. The number of carbonyl (C=O) groups excluding carboxylic acids is 3. The molecule has 1 atom stereocenters. The highest BCUT2D eigenvalue weighted by Crippen LogP contribution is 2.22. The van der Waals surface area contributed by atoms with Gasteiger partial charge in [0.2, 0.25) is 5.91 Å². The zero-order valence-corrected chi connectivity index (χ0v) is 17.6. The van der Waals surface area contributed by atoms with Crippen molar-refractivity contribution in [2.45, 2.75) is 39.2 Å². The third kappa shape index (κ3) is 6.12. The Morgan fingerprint density at radius 2 is 1.70 bits per heavy atom. The summed E-state index contributed by atoms with van der Waals surface area (Å²) in [4.78, 5) is 39.9. The monoisotopic (exact) mass is 425 g/mol. The number of nitrogens with zero attached hydrogens (tertiary/aromatic N) is 1. The maximum Gasteiger partial charge on any atom is 0.306 e. The zero-order chi connectivity index (χ0) is 21.5. The Kier molecular flexibility index (Phi) is 7.13. The molecule has 0 saturated heterocycles. The lowest BCUT2D eigenvalue weighted by molar-refractivity contribution is -0.153. The summed E-state index contributed by atoms with van der Waals surface area (Å²) in [5, 5.41) is 6.32. The second-order valence-corrected chi connectivity index (χ2v) is 7.92. The highest BCUT2D eigenvalue weighted by molar-refractivity contribution is 7.18. The van der Waals surface area contributed by atoms with Gasteiger partial charge in [-0.25, -0.2) is 4.98 Å². The van der Waals surface area contributed by atoms with Gasteiger partial charge in [0.05, 0.1) is 15.2 Å². The van der Waals surface area contributed by atoms with Crippen LogP contribution >= 0.6 is 11.3 Å². The Balaban J connectivity index is 1.41. The molecule has 0 bridgehead atoms. The van der Waals surface area contributed by atoms with Gasteiger partial charge in [-0.1, -0.05) is 12.1 Å². The molecule has 0 fully saturated rings. The van der Waals surface area contributed by atoms with Crippen LogP contribution in [0.3, 0.4) is 0 Å². The van der Waals surface area contributed by atoms with Gasteiger partial charge in [0.1, 0.15) is 0 Å². The molecule has 0 aliphatic heterocycles. The molecule has 2 N–H and O–H groups in total. The first-order valence-corrected chi connectivity index (χ1v) is 10.4. The number of para-hydroxylation sites is 1. The fourth-order valence-corrected chi connectivity index (χ4v) is 3.81. The van der Waals surface area contributed by atoms with Crippen LogP contribution in [0.2, 0.25) is 0 Å². The average molecular weight is 426 g/mol. The van der Waals surface area contributed by atoms with Crippen molar-refractivity contribution in [3.8, 4) is 0 Å². The molecular weight excluding hydrogens is 402 g/mol. The maximum atomic E-state index is 12.2. The Labute approximate surface area is 178 Å². The van der Waals surface area contributed by atoms with Crippen LogP contribution in [0, 0.1) is 0 Å². The van der Waals surface area contributed by atoms with Gasteiger partial charge in [-0.05, 0) is 56.2 Å². The van der Waals surface area contributed by atoms with E-state index in [0.717, 1.165) is 15.2 Å². The molecule has 2 amide bonds. The van der Waals surface area contributed by atoms with Crippen molar-refractivity contribution in [1.82, 2.24) is 4.98 Å². The number of esters is 1. The van der Waals surface area contributed by atoms with Crippen LogP contribution in [0.15, 0.2) is 48.5 Å². The average Bonchev–Trinajstić information content (AvgIpc) is 3.11. The van der Waals surface area contributed by atoms with Crippen LogP contribution in [0.1, 0.15) is 31.7 Å². The Morgan fingerprint density at radius 1 is 1.03 bits per heavy atom. The van der Waals surface area contributed by atoms with E-state index < -0.39 is 18.0 Å². The van der Waals surface area contributed by atoms with Crippen LogP contribution in [0.5, 0.6) is 0 Å². The first kappa shape index (κ1) is 21.4. The van der Waals surface area contributed by atoms with E-state index in [1.807, 2.05) is 24.3 Å². The lowest BCUT2D eigenvalue weighted by atomic mass is 10.2. The maximum absolute atomic E-state index is 12.2. The fraction of sp³-hybridized carbons (Fsp3) is 0.273. The van der Waals surface area contributed by atoms with Crippen LogP contribution in [-0.4, -0.2) is 28.9 Å². The number of aromatic nitrogens is 1. The number of fused-ring (bicyclic) bond motifs is 1. The van der Waals surface area contributed by atoms with Gasteiger partial charge in [-0.15, -0.1) is 11.3 Å². The number of thiazole rings is 1. The predicted octanol–water partition coefficient (Wildman–Crippen LogP) is 4.15. The quantitative estimate of drug-likeness (QED) is 0.529. The van der Waals surface area contributed by atoms with E-state index in [2.05, 4.69) is 15.6 Å². The number of aryl methyl sites for hydroxylation is 1. The van der Waals surface area contributed by atoms with E-state index in [4.69, 9.17) is 4.74 Å². The number of benzene rings is 2. The molecule has 1 unspecified atom stereocenters. The van der Waals surface area contributed by atoms with Crippen molar-refractivity contribution in [2.75, 3.05) is 10.6 Å². The van der Waals surface area contributed by atoms with Gasteiger partial charge in [0.25, 0.3) is 5.91 Å². The van der Waals surface area contributed by atoms with Gasteiger partial charge in [-0.2, -0.15) is 0 Å². The smallest absolute Gasteiger partial charge is 0.306 e. The van der Waals surface area contributed by atoms with Gasteiger partial charge in [0, 0.05) is 24.7 Å². The predicted molar refractivity (Wildman–Crippen MR) is 117 cm³/mol. The van der Waals surface area contributed by atoms with Crippen molar-refractivity contribution in [3.63, 3.8) is 0 Å². The zero-order valence-electron chi connectivity index (χ0n) is 16.8. The summed E-state index contributed by atoms with van der Waals surface area (Å²) in [6.45, 7) is 2.96. The number of ether oxygens (including phenoxy) is 1. The van der Waals surface area contributed by atoms with E-state index in [-0.39, 0.29) is 12.3 Å². The molecule has 156 valence electrons. The molecule has 0 aliphatic carbocycles. The van der Waals surface area contributed by atoms with Crippen LogP contribution < -0.4 is 10.6 Å². The number of rotatable bonds is 8.